The number of nitro groups is 1. The Morgan fingerprint density at radius 2 is 1.67 bits per heavy atom. The van der Waals surface area contributed by atoms with Crippen LogP contribution in [0.25, 0.3) is 6.08 Å². The molecule has 1 saturated heterocycles. The number of carbonyl (C=O) groups is 2. The number of carbonyl (C=O) groups excluding carboxylic acids is 2. The zero-order chi connectivity index (χ0) is 23.5. The summed E-state index contributed by atoms with van der Waals surface area (Å²) in [4.78, 5) is 36.8. The third-order valence-corrected chi connectivity index (χ3v) is 4.95. The second-order valence-electron chi connectivity index (χ2n) is 6.83. The molecule has 0 aliphatic carbocycles. The van der Waals surface area contributed by atoms with Gasteiger partial charge in [-0.1, -0.05) is 18.2 Å². The summed E-state index contributed by atoms with van der Waals surface area (Å²) in [6.45, 7) is 0. The molecule has 1 fully saturated rings. The van der Waals surface area contributed by atoms with Gasteiger partial charge >= 0.3 is 0 Å². The van der Waals surface area contributed by atoms with Gasteiger partial charge in [-0.3, -0.25) is 29.9 Å². The Labute approximate surface area is 192 Å². The van der Waals surface area contributed by atoms with E-state index in [1.54, 1.807) is 36.4 Å². The van der Waals surface area contributed by atoms with Crippen molar-refractivity contribution in [2.75, 3.05) is 4.90 Å². The van der Waals surface area contributed by atoms with Crippen molar-refractivity contribution >= 4 is 46.6 Å². The lowest BCUT2D eigenvalue weighted by molar-refractivity contribution is -0.384. The maximum Gasteiger partial charge on any atom is 0.270 e. The van der Waals surface area contributed by atoms with Crippen molar-refractivity contribution in [1.82, 2.24) is 5.32 Å². The third-order valence-electron chi connectivity index (χ3n) is 4.67. The maximum atomic E-state index is 14.2. The van der Waals surface area contributed by atoms with Crippen molar-refractivity contribution in [2.45, 2.75) is 0 Å². The van der Waals surface area contributed by atoms with Gasteiger partial charge in [0.25, 0.3) is 17.5 Å². The fourth-order valence-corrected chi connectivity index (χ4v) is 3.37. The minimum atomic E-state index is -0.837. The Bertz CT molecular complexity index is 1310. The zero-order valence-electron chi connectivity index (χ0n) is 16.7. The van der Waals surface area contributed by atoms with Crippen molar-refractivity contribution in [3.05, 3.63) is 99.9 Å². The fraction of sp³-hybridized carbons (Fsp3) is 0. The second kappa shape index (κ2) is 8.97. The molecule has 4 rings (SSSR count). The summed E-state index contributed by atoms with van der Waals surface area (Å²) < 4.78 is 19.9. The van der Waals surface area contributed by atoms with Crippen LogP contribution in [0.5, 0.6) is 11.5 Å². The zero-order valence-corrected chi connectivity index (χ0v) is 17.5. The highest BCUT2D eigenvalue weighted by Gasteiger charge is 2.34. The minimum Gasteiger partial charge on any atom is -0.457 e. The lowest BCUT2D eigenvalue weighted by Gasteiger charge is -2.29. The Kier molecular flexibility index (Phi) is 5.92. The van der Waals surface area contributed by atoms with E-state index in [2.05, 4.69) is 5.32 Å². The van der Waals surface area contributed by atoms with Crippen LogP contribution in [0.15, 0.2) is 78.4 Å². The molecule has 3 aromatic rings. The molecule has 0 atom stereocenters. The molecule has 1 aliphatic rings. The third kappa shape index (κ3) is 4.60. The maximum absolute atomic E-state index is 14.2. The first-order valence-corrected chi connectivity index (χ1v) is 9.92. The van der Waals surface area contributed by atoms with Crippen LogP contribution >= 0.6 is 12.2 Å². The number of halogens is 1. The molecule has 0 aromatic heterocycles. The number of non-ortho nitro benzene ring substituents is 1. The molecule has 2 amide bonds. The van der Waals surface area contributed by atoms with Gasteiger partial charge < -0.3 is 4.74 Å². The normalized spacial score (nSPS) is 14.9. The molecule has 1 N–H and O–H groups in total. The fourth-order valence-electron chi connectivity index (χ4n) is 3.09. The summed E-state index contributed by atoms with van der Waals surface area (Å²) in [7, 11) is 0. The number of anilines is 1. The molecule has 0 saturated carbocycles. The van der Waals surface area contributed by atoms with E-state index in [-0.39, 0.29) is 16.4 Å². The molecule has 10 heteroatoms. The lowest BCUT2D eigenvalue weighted by Crippen LogP contribution is -2.54. The predicted octanol–water partition coefficient (Wildman–Crippen LogP) is 4.36. The van der Waals surface area contributed by atoms with Crippen LogP contribution in [-0.4, -0.2) is 21.9 Å². The molecule has 1 heterocycles. The number of nitro benzene ring substituents is 1. The van der Waals surface area contributed by atoms with E-state index < -0.39 is 28.1 Å². The quantitative estimate of drug-likeness (QED) is 0.198. The van der Waals surface area contributed by atoms with Gasteiger partial charge in [0.1, 0.15) is 22.9 Å². The van der Waals surface area contributed by atoms with Crippen LogP contribution < -0.4 is 15.0 Å². The van der Waals surface area contributed by atoms with Crippen LogP contribution in [0.3, 0.4) is 0 Å². The smallest absolute Gasteiger partial charge is 0.270 e. The van der Waals surface area contributed by atoms with Crippen LogP contribution in [0.4, 0.5) is 15.8 Å². The van der Waals surface area contributed by atoms with E-state index >= 15 is 0 Å². The highest BCUT2D eigenvalue weighted by molar-refractivity contribution is 7.80. The standard InChI is InChI=1S/C23H14FN3O5S/c24-20-11-8-16(27(30)31)12-14(20)13-19-21(28)25-23(33)26(22(19)29)15-6-9-18(10-7-15)32-17-4-2-1-3-5-17/h1-13H,(H,25,28,33). The molecule has 3 aromatic carbocycles. The second-order valence-corrected chi connectivity index (χ2v) is 7.22. The minimum absolute atomic E-state index is 0.154. The molecule has 8 nitrogen and oxygen atoms in total. The first-order valence-electron chi connectivity index (χ1n) is 9.52. The number of benzene rings is 3. The highest BCUT2D eigenvalue weighted by Crippen LogP contribution is 2.27. The van der Waals surface area contributed by atoms with Crippen molar-refractivity contribution in [3.63, 3.8) is 0 Å². The van der Waals surface area contributed by atoms with Crippen LogP contribution in [0.2, 0.25) is 0 Å². The van der Waals surface area contributed by atoms with E-state index in [0.29, 0.717) is 17.2 Å². The Morgan fingerprint density at radius 1 is 1.00 bits per heavy atom. The topological polar surface area (TPSA) is 102 Å². The van der Waals surface area contributed by atoms with Gasteiger partial charge in [0.05, 0.1) is 10.6 Å². The van der Waals surface area contributed by atoms with Crippen molar-refractivity contribution in [1.29, 1.82) is 0 Å². The van der Waals surface area contributed by atoms with Crippen molar-refractivity contribution in [2.24, 2.45) is 0 Å². The molecule has 164 valence electrons. The summed E-state index contributed by atoms with van der Waals surface area (Å²) in [5.74, 6) is -1.32. The van der Waals surface area contributed by atoms with Gasteiger partial charge in [-0.2, -0.15) is 0 Å². The highest BCUT2D eigenvalue weighted by atomic mass is 32.1. The van der Waals surface area contributed by atoms with E-state index in [1.165, 1.54) is 0 Å². The van der Waals surface area contributed by atoms with Gasteiger partial charge in [-0.15, -0.1) is 0 Å². The van der Waals surface area contributed by atoms with Gasteiger partial charge in [0, 0.05) is 17.7 Å². The number of para-hydroxylation sites is 1. The number of hydrogen-bond acceptors (Lipinski definition) is 6. The Hall–Kier alpha value is -4.44. The van der Waals surface area contributed by atoms with Gasteiger partial charge in [-0.25, -0.2) is 4.39 Å². The molecule has 33 heavy (non-hydrogen) atoms. The Balaban J connectivity index is 1.64. The van der Waals surface area contributed by atoms with E-state index in [1.807, 2.05) is 18.2 Å². The Morgan fingerprint density at radius 3 is 2.33 bits per heavy atom. The molecule has 0 unspecified atom stereocenters. The molecule has 0 radical (unpaired) electrons. The average Bonchev–Trinajstić information content (AvgIpc) is 2.79. The average molecular weight is 463 g/mol. The first-order chi connectivity index (χ1) is 15.8. The van der Waals surface area contributed by atoms with E-state index in [0.717, 1.165) is 29.2 Å². The van der Waals surface area contributed by atoms with Crippen LogP contribution in [-0.2, 0) is 9.59 Å². The number of rotatable bonds is 5. The van der Waals surface area contributed by atoms with Crippen molar-refractivity contribution in [3.8, 4) is 11.5 Å². The largest absolute Gasteiger partial charge is 0.457 e. The summed E-state index contributed by atoms with van der Waals surface area (Å²) in [5, 5.41) is 13.2. The molecular formula is C23H14FN3O5S. The lowest BCUT2D eigenvalue weighted by atomic mass is 10.1. The van der Waals surface area contributed by atoms with Gasteiger partial charge in [-0.05, 0) is 60.8 Å². The monoisotopic (exact) mass is 463 g/mol. The number of thiocarbonyl (C=S) groups is 1. The van der Waals surface area contributed by atoms with Gasteiger partial charge in [0.15, 0.2) is 5.11 Å². The number of nitrogens with zero attached hydrogens (tertiary/aromatic N) is 2. The SMILES string of the molecule is O=C1NC(=S)N(c2ccc(Oc3ccccc3)cc2)C(=O)C1=Cc1cc([N+](=O)[O-])ccc1F. The van der Waals surface area contributed by atoms with Gasteiger partial charge in [0.2, 0.25) is 0 Å². The summed E-state index contributed by atoms with van der Waals surface area (Å²) >= 11 is 5.15. The first kappa shape index (κ1) is 21.8. The number of amides is 2. The van der Waals surface area contributed by atoms with E-state index in [4.69, 9.17) is 17.0 Å². The number of hydrogen-bond donors (Lipinski definition) is 1. The number of ether oxygens (including phenoxy) is 1. The van der Waals surface area contributed by atoms with E-state index in [9.17, 15) is 24.1 Å². The molecule has 1 aliphatic heterocycles. The predicted molar refractivity (Wildman–Crippen MR) is 122 cm³/mol. The molecule has 0 bridgehead atoms. The van der Waals surface area contributed by atoms with Crippen molar-refractivity contribution < 1.29 is 23.6 Å². The summed E-state index contributed by atoms with van der Waals surface area (Å²) in [6, 6.07) is 18.3. The van der Waals surface area contributed by atoms with Crippen LogP contribution in [0.1, 0.15) is 5.56 Å². The molecular weight excluding hydrogens is 449 g/mol. The number of nitrogens with one attached hydrogen (secondary N) is 1. The summed E-state index contributed by atoms with van der Waals surface area (Å²) in [6.07, 6.45) is 0.960. The summed E-state index contributed by atoms with van der Waals surface area (Å²) in [5.41, 5.74) is -0.737. The van der Waals surface area contributed by atoms with Crippen LogP contribution in [0, 0.1) is 15.9 Å². The molecule has 0 spiro atoms.